The molecule has 1 fully saturated rings. The third-order valence-electron chi connectivity index (χ3n) is 5.40. The van der Waals surface area contributed by atoms with Crippen LogP contribution in [-0.4, -0.2) is 44.7 Å². The van der Waals surface area contributed by atoms with Gasteiger partial charge in [-0.25, -0.2) is 0 Å². The average Bonchev–Trinajstić information content (AvgIpc) is 3.30. The van der Waals surface area contributed by atoms with Crippen LogP contribution in [0.2, 0.25) is 0 Å². The van der Waals surface area contributed by atoms with Gasteiger partial charge in [0.1, 0.15) is 0 Å². The molecule has 0 radical (unpaired) electrons. The number of nitrogens with one attached hydrogen (secondary N) is 1. The summed E-state index contributed by atoms with van der Waals surface area (Å²) in [6, 6.07) is 12.1. The third kappa shape index (κ3) is 3.78. The topological polar surface area (TPSA) is 63.1 Å². The summed E-state index contributed by atoms with van der Waals surface area (Å²) in [5.41, 5.74) is 3.84. The number of hydrogen-bond donors (Lipinski definition) is 1. The van der Waals surface area contributed by atoms with Crippen LogP contribution in [0.5, 0.6) is 0 Å². The number of aromatic nitrogens is 3. The molecule has 0 bridgehead atoms. The van der Waals surface area contributed by atoms with E-state index < -0.39 is 0 Å². The van der Waals surface area contributed by atoms with Crippen molar-refractivity contribution in [1.82, 2.24) is 25.0 Å². The van der Waals surface area contributed by atoms with E-state index in [1.807, 2.05) is 62.1 Å². The Morgan fingerprint density at radius 3 is 2.86 bits per heavy atom. The summed E-state index contributed by atoms with van der Waals surface area (Å²) in [5.74, 6) is 0.308. The Kier molecular flexibility index (Phi) is 5.13. The molecule has 3 heterocycles. The second kappa shape index (κ2) is 7.72. The lowest BCUT2D eigenvalue weighted by molar-refractivity contribution is 0.0944. The monoisotopic (exact) mass is 377 g/mol. The van der Waals surface area contributed by atoms with Crippen molar-refractivity contribution in [2.45, 2.75) is 38.8 Å². The van der Waals surface area contributed by atoms with Crippen molar-refractivity contribution in [2.75, 3.05) is 13.1 Å². The van der Waals surface area contributed by atoms with Crippen LogP contribution in [0.25, 0.3) is 10.9 Å². The Hall–Kier alpha value is -2.73. The van der Waals surface area contributed by atoms with Crippen molar-refractivity contribution >= 4 is 16.8 Å². The van der Waals surface area contributed by atoms with E-state index in [4.69, 9.17) is 4.98 Å². The first-order chi connectivity index (χ1) is 13.5. The molecule has 3 aromatic rings. The number of benzene rings is 1. The molecule has 146 valence electrons. The Labute approximate surface area is 165 Å². The van der Waals surface area contributed by atoms with Gasteiger partial charge in [-0.1, -0.05) is 18.2 Å². The zero-order valence-electron chi connectivity index (χ0n) is 16.7. The van der Waals surface area contributed by atoms with Gasteiger partial charge in [0.15, 0.2) is 0 Å². The van der Waals surface area contributed by atoms with Crippen molar-refractivity contribution in [3.8, 4) is 0 Å². The summed E-state index contributed by atoms with van der Waals surface area (Å²) in [4.78, 5) is 20.1. The lowest BCUT2D eigenvalue weighted by Gasteiger charge is -2.17. The molecule has 2 aromatic heterocycles. The molecule has 0 spiro atoms. The van der Waals surface area contributed by atoms with Crippen LogP contribution in [0.4, 0.5) is 0 Å². The summed E-state index contributed by atoms with van der Waals surface area (Å²) in [5, 5.41) is 8.20. The average molecular weight is 377 g/mol. The fourth-order valence-corrected chi connectivity index (χ4v) is 3.94. The van der Waals surface area contributed by atoms with Crippen molar-refractivity contribution < 1.29 is 4.79 Å². The molecule has 1 aliphatic rings. The molecule has 1 aromatic carbocycles. The Morgan fingerprint density at radius 2 is 2.11 bits per heavy atom. The maximum absolute atomic E-state index is 12.8. The molecular weight excluding hydrogens is 350 g/mol. The second-order valence-corrected chi connectivity index (χ2v) is 7.91. The van der Waals surface area contributed by atoms with Gasteiger partial charge in [-0.3, -0.25) is 19.4 Å². The quantitative estimate of drug-likeness (QED) is 0.742. The number of nitrogens with zero attached hydrogens (tertiary/aromatic N) is 4. The van der Waals surface area contributed by atoms with Crippen molar-refractivity contribution in [3.63, 3.8) is 0 Å². The summed E-state index contributed by atoms with van der Waals surface area (Å²) in [7, 11) is 1.98. The molecule has 0 saturated carbocycles. The van der Waals surface area contributed by atoms with Gasteiger partial charge in [-0.05, 0) is 45.0 Å². The normalized spacial score (nSPS) is 17.5. The zero-order chi connectivity index (χ0) is 19.7. The number of para-hydroxylation sites is 1. The highest BCUT2D eigenvalue weighted by atomic mass is 16.1. The second-order valence-electron chi connectivity index (χ2n) is 7.91. The predicted molar refractivity (Wildman–Crippen MR) is 110 cm³/mol. The van der Waals surface area contributed by atoms with Gasteiger partial charge >= 0.3 is 0 Å². The molecule has 0 aliphatic carbocycles. The van der Waals surface area contributed by atoms with E-state index in [9.17, 15) is 4.79 Å². The fourth-order valence-electron chi connectivity index (χ4n) is 3.94. The molecular formula is C22H27N5O. The van der Waals surface area contributed by atoms with Crippen LogP contribution in [0.1, 0.15) is 47.9 Å². The minimum absolute atomic E-state index is 0.0282. The standard InChI is InChI=1S/C22H27N5O/c1-15(2)24-22(28)19-12-21(25-20-7-5-4-6-18(19)20)16-9-11-27(13-16)14-17-8-10-23-26(17)3/h4-8,10,12,15-16H,9,11,13-14H2,1-3H3,(H,24,28). The van der Waals surface area contributed by atoms with Gasteiger partial charge in [0.25, 0.3) is 5.91 Å². The largest absolute Gasteiger partial charge is 0.350 e. The first-order valence-electron chi connectivity index (χ1n) is 9.91. The SMILES string of the molecule is CC(C)NC(=O)c1cc(C2CCN(Cc3ccnn3C)C2)nc2ccccc12. The number of hydrogen-bond acceptors (Lipinski definition) is 4. The molecule has 28 heavy (non-hydrogen) atoms. The van der Waals surface area contributed by atoms with Gasteiger partial charge in [0, 0.05) is 49.4 Å². The summed E-state index contributed by atoms with van der Waals surface area (Å²) < 4.78 is 1.93. The minimum atomic E-state index is -0.0282. The van der Waals surface area contributed by atoms with E-state index in [-0.39, 0.29) is 11.9 Å². The van der Waals surface area contributed by atoms with E-state index in [0.717, 1.165) is 48.2 Å². The van der Waals surface area contributed by atoms with Crippen LogP contribution in [0.15, 0.2) is 42.6 Å². The van der Waals surface area contributed by atoms with Crippen LogP contribution in [-0.2, 0) is 13.6 Å². The van der Waals surface area contributed by atoms with Gasteiger partial charge < -0.3 is 5.32 Å². The molecule has 6 heteroatoms. The number of fused-ring (bicyclic) bond motifs is 1. The molecule has 1 unspecified atom stereocenters. The first-order valence-corrected chi connectivity index (χ1v) is 9.91. The maximum Gasteiger partial charge on any atom is 0.252 e. The molecule has 6 nitrogen and oxygen atoms in total. The highest BCUT2D eigenvalue weighted by molar-refractivity contribution is 6.06. The zero-order valence-corrected chi connectivity index (χ0v) is 16.7. The highest BCUT2D eigenvalue weighted by Gasteiger charge is 2.27. The smallest absolute Gasteiger partial charge is 0.252 e. The molecule has 1 atom stereocenters. The van der Waals surface area contributed by atoms with Crippen molar-refractivity contribution in [1.29, 1.82) is 0 Å². The Bertz CT molecular complexity index is 994. The van der Waals surface area contributed by atoms with Crippen molar-refractivity contribution in [2.24, 2.45) is 7.05 Å². The van der Waals surface area contributed by atoms with Gasteiger partial charge in [0.2, 0.25) is 0 Å². The van der Waals surface area contributed by atoms with Crippen LogP contribution >= 0.6 is 0 Å². The first kappa shape index (κ1) is 18.6. The van der Waals surface area contributed by atoms with E-state index >= 15 is 0 Å². The molecule has 1 N–H and O–H groups in total. The van der Waals surface area contributed by atoms with Crippen LogP contribution < -0.4 is 5.32 Å². The van der Waals surface area contributed by atoms with Gasteiger partial charge in [-0.15, -0.1) is 0 Å². The summed E-state index contributed by atoms with van der Waals surface area (Å²) in [6.07, 6.45) is 2.89. The van der Waals surface area contributed by atoms with E-state index in [2.05, 4.69) is 21.4 Å². The number of pyridine rings is 1. The third-order valence-corrected chi connectivity index (χ3v) is 5.40. The summed E-state index contributed by atoms with van der Waals surface area (Å²) >= 11 is 0. The molecule has 1 amide bonds. The minimum Gasteiger partial charge on any atom is -0.350 e. The predicted octanol–water partition coefficient (Wildman–Crippen LogP) is 3.10. The van der Waals surface area contributed by atoms with Crippen LogP contribution in [0.3, 0.4) is 0 Å². The number of aryl methyl sites for hydroxylation is 1. The summed E-state index contributed by atoms with van der Waals surface area (Å²) in [6.45, 7) is 6.83. The van der Waals surface area contributed by atoms with E-state index in [1.54, 1.807) is 0 Å². The number of rotatable bonds is 5. The van der Waals surface area contributed by atoms with Crippen molar-refractivity contribution in [3.05, 3.63) is 59.5 Å². The molecule has 4 rings (SSSR count). The highest BCUT2D eigenvalue weighted by Crippen LogP contribution is 2.30. The van der Waals surface area contributed by atoms with E-state index in [0.29, 0.717) is 5.92 Å². The maximum atomic E-state index is 12.8. The number of amides is 1. The van der Waals surface area contributed by atoms with E-state index in [1.165, 1.54) is 5.69 Å². The fraction of sp³-hybridized carbons (Fsp3) is 0.409. The van der Waals surface area contributed by atoms with Gasteiger partial charge in [0.05, 0.1) is 16.8 Å². The lowest BCUT2D eigenvalue weighted by atomic mass is 9.99. The molecule has 1 aliphatic heterocycles. The number of carbonyl (C=O) groups is 1. The lowest BCUT2D eigenvalue weighted by Crippen LogP contribution is -2.30. The van der Waals surface area contributed by atoms with Gasteiger partial charge in [-0.2, -0.15) is 5.10 Å². The number of carbonyl (C=O) groups excluding carboxylic acids is 1. The number of likely N-dealkylation sites (tertiary alicyclic amines) is 1. The van der Waals surface area contributed by atoms with Crippen LogP contribution in [0, 0.1) is 0 Å². The Morgan fingerprint density at radius 1 is 1.29 bits per heavy atom. The Balaban J connectivity index is 1.60. The molecule has 1 saturated heterocycles.